The molecule has 1 atom stereocenters. The van der Waals surface area contributed by atoms with Gasteiger partial charge < -0.3 is 4.74 Å². The highest BCUT2D eigenvalue weighted by Crippen LogP contribution is 2.23. The minimum absolute atomic E-state index is 0.148. The number of rotatable bonds is 3. The first kappa shape index (κ1) is 19.8. The SMILES string of the molecule is COC1(C)C=C/C(=N/S(=O)(=O)c2ccc(C)cc2)C(C#Cc2ccccc2)=C1. The van der Waals surface area contributed by atoms with E-state index in [0.717, 1.165) is 11.1 Å². The molecule has 142 valence electrons. The molecule has 0 spiro atoms. The summed E-state index contributed by atoms with van der Waals surface area (Å²) in [4.78, 5) is 0.148. The first-order valence-corrected chi connectivity index (χ1v) is 10.2. The van der Waals surface area contributed by atoms with Crippen molar-refractivity contribution in [1.29, 1.82) is 0 Å². The van der Waals surface area contributed by atoms with E-state index in [1.54, 1.807) is 49.6 Å². The molecule has 0 fully saturated rings. The molecule has 0 N–H and O–H groups in total. The van der Waals surface area contributed by atoms with Crippen molar-refractivity contribution < 1.29 is 13.2 Å². The number of methoxy groups -OCH3 is 1. The minimum Gasteiger partial charge on any atom is -0.370 e. The maximum absolute atomic E-state index is 12.7. The van der Waals surface area contributed by atoms with E-state index in [-0.39, 0.29) is 4.90 Å². The van der Waals surface area contributed by atoms with Gasteiger partial charge in [0.25, 0.3) is 10.0 Å². The van der Waals surface area contributed by atoms with Crippen LogP contribution in [0, 0.1) is 18.8 Å². The Hall–Kier alpha value is -2.94. The van der Waals surface area contributed by atoms with Crippen LogP contribution in [0.3, 0.4) is 0 Å². The quantitative estimate of drug-likeness (QED) is 0.741. The van der Waals surface area contributed by atoms with E-state index in [1.165, 1.54) is 0 Å². The van der Waals surface area contributed by atoms with Gasteiger partial charge in [0.05, 0.1) is 16.2 Å². The molecule has 0 saturated carbocycles. The van der Waals surface area contributed by atoms with Gasteiger partial charge in [-0.05, 0) is 56.3 Å². The second-order valence-corrected chi connectivity index (χ2v) is 8.26. The van der Waals surface area contributed by atoms with Gasteiger partial charge in [-0.3, -0.25) is 0 Å². The Kier molecular flexibility index (Phi) is 5.64. The van der Waals surface area contributed by atoms with Gasteiger partial charge in [0, 0.05) is 12.7 Å². The molecular formula is C23H21NO3S. The predicted molar refractivity (Wildman–Crippen MR) is 112 cm³/mol. The molecular weight excluding hydrogens is 370 g/mol. The second-order valence-electron chi connectivity index (χ2n) is 6.66. The van der Waals surface area contributed by atoms with E-state index >= 15 is 0 Å². The highest BCUT2D eigenvalue weighted by molar-refractivity contribution is 7.90. The maximum atomic E-state index is 12.7. The number of nitrogens with zero attached hydrogens (tertiary/aromatic N) is 1. The monoisotopic (exact) mass is 391 g/mol. The summed E-state index contributed by atoms with van der Waals surface area (Å²) in [7, 11) is -2.26. The lowest BCUT2D eigenvalue weighted by atomic mass is 9.93. The Balaban J connectivity index is 2.04. The number of sulfonamides is 1. The van der Waals surface area contributed by atoms with Gasteiger partial charge in [-0.1, -0.05) is 47.7 Å². The highest BCUT2D eigenvalue weighted by atomic mass is 32.2. The van der Waals surface area contributed by atoms with Crippen LogP contribution in [0.5, 0.6) is 0 Å². The number of hydrogen-bond donors (Lipinski definition) is 0. The molecule has 1 unspecified atom stereocenters. The molecule has 1 aliphatic rings. The molecule has 2 aromatic rings. The van der Waals surface area contributed by atoms with Crippen molar-refractivity contribution in [3.63, 3.8) is 0 Å². The predicted octanol–water partition coefficient (Wildman–Crippen LogP) is 4.08. The van der Waals surface area contributed by atoms with Crippen molar-refractivity contribution in [2.24, 2.45) is 4.40 Å². The van der Waals surface area contributed by atoms with Crippen LogP contribution in [0.25, 0.3) is 0 Å². The van der Waals surface area contributed by atoms with Crippen LogP contribution in [0.1, 0.15) is 18.1 Å². The fraction of sp³-hybridized carbons (Fsp3) is 0.174. The molecule has 0 amide bonds. The first-order chi connectivity index (χ1) is 13.3. The Morgan fingerprint density at radius 2 is 1.68 bits per heavy atom. The Labute approximate surface area is 166 Å². The molecule has 2 aromatic carbocycles. The standard InChI is InChI=1S/C23H21NO3S/c1-18-9-13-21(14-10-18)28(25,26)24-22-15-16-23(2,27-3)17-20(22)12-11-19-7-5-4-6-8-19/h4-10,13-17H,1-3H3/b24-22-. The van der Waals surface area contributed by atoms with Gasteiger partial charge in [0.15, 0.2) is 0 Å². The summed E-state index contributed by atoms with van der Waals surface area (Å²) in [6, 6.07) is 16.1. The van der Waals surface area contributed by atoms with E-state index in [4.69, 9.17) is 4.74 Å². The van der Waals surface area contributed by atoms with Crippen molar-refractivity contribution >= 4 is 15.7 Å². The normalized spacial score (nSPS) is 20.4. The zero-order valence-corrected chi connectivity index (χ0v) is 16.8. The minimum atomic E-state index is -3.85. The third-order valence-electron chi connectivity index (χ3n) is 4.37. The van der Waals surface area contributed by atoms with Crippen LogP contribution in [0.15, 0.2) is 87.7 Å². The number of aryl methyl sites for hydroxylation is 1. The molecule has 0 aromatic heterocycles. The van der Waals surface area contributed by atoms with Crippen LogP contribution in [-0.4, -0.2) is 26.8 Å². The van der Waals surface area contributed by atoms with Crippen molar-refractivity contribution in [3.8, 4) is 11.8 Å². The molecule has 0 aliphatic heterocycles. The van der Waals surface area contributed by atoms with Crippen molar-refractivity contribution in [3.05, 3.63) is 89.5 Å². The van der Waals surface area contributed by atoms with E-state index < -0.39 is 15.6 Å². The zero-order valence-electron chi connectivity index (χ0n) is 16.0. The molecule has 1 aliphatic carbocycles. The van der Waals surface area contributed by atoms with Crippen LogP contribution < -0.4 is 0 Å². The molecule has 4 nitrogen and oxygen atoms in total. The average molecular weight is 391 g/mol. The van der Waals surface area contributed by atoms with Gasteiger partial charge >= 0.3 is 0 Å². The van der Waals surface area contributed by atoms with E-state index in [0.29, 0.717) is 11.3 Å². The summed E-state index contributed by atoms with van der Waals surface area (Å²) in [5.74, 6) is 6.10. The lowest BCUT2D eigenvalue weighted by Gasteiger charge is -2.24. The first-order valence-electron chi connectivity index (χ1n) is 8.78. The van der Waals surface area contributed by atoms with Crippen molar-refractivity contribution in [2.45, 2.75) is 24.3 Å². The van der Waals surface area contributed by atoms with Crippen LogP contribution >= 0.6 is 0 Å². The second kappa shape index (κ2) is 7.97. The zero-order chi connectivity index (χ0) is 20.2. The van der Waals surface area contributed by atoms with E-state index in [1.807, 2.05) is 44.2 Å². The van der Waals surface area contributed by atoms with Gasteiger partial charge in [-0.15, -0.1) is 0 Å². The third kappa shape index (κ3) is 4.66. The largest absolute Gasteiger partial charge is 0.370 e. The number of benzene rings is 2. The summed E-state index contributed by atoms with van der Waals surface area (Å²) >= 11 is 0. The summed E-state index contributed by atoms with van der Waals surface area (Å²) < 4.78 is 35.0. The van der Waals surface area contributed by atoms with Gasteiger partial charge in [-0.2, -0.15) is 12.8 Å². The molecule has 0 heterocycles. The Morgan fingerprint density at radius 3 is 2.32 bits per heavy atom. The molecule has 0 radical (unpaired) electrons. The van der Waals surface area contributed by atoms with Crippen molar-refractivity contribution in [2.75, 3.05) is 7.11 Å². The molecule has 0 saturated heterocycles. The van der Waals surface area contributed by atoms with Crippen LogP contribution in [-0.2, 0) is 14.8 Å². The van der Waals surface area contributed by atoms with E-state index in [9.17, 15) is 8.42 Å². The Bertz CT molecular complexity index is 1120. The summed E-state index contributed by atoms with van der Waals surface area (Å²) in [6.45, 7) is 3.77. The fourth-order valence-corrected chi connectivity index (χ4v) is 3.61. The van der Waals surface area contributed by atoms with Gasteiger partial charge in [0.2, 0.25) is 0 Å². The molecule has 28 heavy (non-hydrogen) atoms. The van der Waals surface area contributed by atoms with Crippen LogP contribution in [0.2, 0.25) is 0 Å². The lowest BCUT2D eigenvalue weighted by Crippen LogP contribution is -2.26. The summed E-state index contributed by atoms with van der Waals surface area (Å²) in [5, 5.41) is 0. The maximum Gasteiger partial charge on any atom is 0.282 e. The van der Waals surface area contributed by atoms with Crippen molar-refractivity contribution in [1.82, 2.24) is 0 Å². The van der Waals surface area contributed by atoms with Gasteiger partial charge in [0.1, 0.15) is 5.60 Å². The summed E-state index contributed by atoms with van der Waals surface area (Å²) in [5.41, 5.74) is 1.94. The smallest absolute Gasteiger partial charge is 0.282 e. The number of hydrogen-bond acceptors (Lipinski definition) is 3. The highest BCUT2D eigenvalue weighted by Gasteiger charge is 2.25. The number of allylic oxidation sites excluding steroid dienone is 2. The topological polar surface area (TPSA) is 55.7 Å². The van der Waals surface area contributed by atoms with Gasteiger partial charge in [-0.25, -0.2) is 0 Å². The average Bonchev–Trinajstić information content (AvgIpc) is 2.69. The lowest BCUT2D eigenvalue weighted by molar-refractivity contribution is 0.0901. The fourth-order valence-electron chi connectivity index (χ4n) is 2.60. The number of ether oxygens (including phenoxy) is 1. The molecule has 3 rings (SSSR count). The third-order valence-corrected chi connectivity index (χ3v) is 5.68. The molecule has 0 bridgehead atoms. The van der Waals surface area contributed by atoms with E-state index in [2.05, 4.69) is 16.2 Å². The molecule has 5 heteroatoms. The Morgan fingerprint density at radius 1 is 1.00 bits per heavy atom. The summed E-state index contributed by atoms with van der Waals surface area (Å²) in [6.07, 6.45) is 5.20. The van der Waals surface area contributed by atoms with Crippen LogP contribution in [0.4, 0.5) is 0 Å².